The molecule has 0 aliphatic heterocycles. The van der Waals surface area contributed by atoms with Gasteiger partial charge in [-0.15, -0.1) is 10.2 Å². The number of rotatable bonds is 6. The predicted octanol–water partition coefficient (Wildman–Crippen LogP) is 6.92. The SMILES string of the molecule is c1ccc(-c2cccc(C(c3ccccc3)(c3ccccc3)c3ccccc3)c2-c2nn[nH]n2)cc1. The van der Waals surface area contributed by atoms with E-state index in [0.29, 0.717) is 5.82 Å². The minimum absolute atomic E-state index is 0.566. The van der Waals surface area contributed by atoms with Gasteiger partial charge in [0.2, 0.25) is 5.82 Å². The summed E-state index contributed by atoms with van der Waals surface area (Å²) in [5.41, 5.74) is 7.07. The Morgan fingerprint density at radius 2 is 1.00 bits per heavy atom. The van der Waals surface area contributed by atoms with Gasteiger partial charge in [0.25, 0.3) is 0 Å². The summed E-state index contributed by atoms with van der Waals surface area (Å²) in [5.74, 6) is 0.566. The summed E-state index contributed by atoms with van der Waals surface area (Å²) < 4.78 is 0. The van der Waals surface area contributed by atoms with Crippen LogP contribution in [0.5, 0.6) is 0 Å². The quantitative estimate of drug-likeness (QED) is 0.272. The third-order valence-electron chi connectivity index (χ3n) is 6.74. The summed E-state index contributed by atoms with van der Waals surface area (Å²) >= 11 is 0. The maximum atomic E-state index is 4.48. The fourth-order valence-electron chi connectivity index (χ4n) is 5.26. The van der Waals surface area contributed by atoms with Crippen molar-refractivity contribution < 1.29 is 0 Å². The molecule has 0 bridgehead atoms. The molecule has 0 radical (unpaired) electrons. The average molecular weight is 465 g/mol. The van der Waals surface area contributed by atoms with Crippen LogP contribution in [0.15, 0.2) is 140 Å². The second kappa shape index (κ2) is 9.43. The lowest BCUT2D eigenvalue weighted by molar-refractivity contribution is 0.746. The van der Waals surface area contributed by atoms with E-state index in [4.69, 9.17) is 0 Å². The van der Waals surface area contributed by atoms with Crippen molar-refractivity contribution in [2.45, 2.75) is 5.41 Å². The zero-order valence-electron chi connectivity index (χ0n) is 19.6. The van der Waals surface area contributed by atoms with Crippen molar-refractivity contribution in [3.63, 3.8) is 0 Å². The van der Waals surface area contributed by atoms with E-state index in [9.17, 15) is 0 Å². The van der Waals surface area contributed by atoms with Crippen molar-refractivity contribution in [1.29, 1.82) is 0 Å². The highest BCUT2D eigenvalue weighted by Gasteiger charge is 2.41. The van der Waals surface area contributed by atoms with E-state index in [1.165, 1.54) is 0 Å². The third-order valence-corrected chi connectivity index (χ3v) is 6.74. The van der Waals surface area contributed by atoms with Gasteiger partial charge in [-0.2, -0.15) is 5.21 Å². The van der Waals surface area contributed by atoms with E-state index < -0.39 is 5.41 Å². The first kappa shape index (κ1) is 21.7. The first-order chi connectivity index (χ1) is 17.9. The molecule has 0 aliphatic rings. The monoisotopic (exact) mass is 464 g/mol. The maximum absolute atomic E-state index is 4.48. The number of hydrogen-bond donors (Lipinski definition) is 1. The molecule has 4 nitrogen and oxygen atoms in total. The van der Waals surface area contributed by atoms with Gasteiger partial charge in [-0.25, -0.2) is 0 Å². The molecular weight excluding hydrogens is 440 g/mol. The fraction of sp³-hybridized carbons (Fsp3) is 0.0312. The second-order valence-corrected chi connectivity index (χ2v) is 8.68. The molecule has 172 valence electrons. The molecule has 0 fully saturated rings. The van der Waals surface area contributed by atoms with Crippen LogP contribution in [0.1, 0.15) is 22.3 Å². The van der Waals surface area contributed by atoms with E-state index in [1.54, 1.807) is 0 Å². The van der Waals surface area contributed by atoms with Gasteiger partial charge in [0, 0.05) is 5.56 Å². The van der Waals surface area contributed by atoms with Crippen LogP contribution in [0.25, 0.3) is 22.5 Å². The maximum Gasteiger partial charge on any atom is 0.205 e. The number of nitrogens with zero attached hydrogens (tertiary/aromatic N) is 3. The number of tetrazole rings is 1. The summed E-state index contributed by atoms with van der Waals surface area (Å²) in [6, 6.07) is 48.9. The molecule has 1 heterocycles. The van der Waals surface area contributed by atoms with Crippen molar-refractivity contribution in [2.75, 3.05) is 0 Å². The van der Waals surface area contributed by atoms with E-state index in [-0.39, 0.29) is 0 Å². The van der Waals surface area contributed by atoms with Gasteiger partial charge >= 0.3 is 0 Å². The normalized spacial score (nSPS) is 11.3. The highest BCUT2D eigenvalue weighted by atomic mass is 15.5. The number of H-pyrrole nitrogens is 1. The Labute approximate surface area is 210 Å². The highest BCUT2D eigenvalue weighted by Crippen LogP contribution is 2.49. The first-order valence-electron chi connectivity index (χ1n) is 12.0. The fourth-order valence-corrected chi connectivity index (χ4v) is 5.26. The zero-order valence-corrected chi connectivity index (χ0v) is 19.6. The lowest BCUT2D eigenvalue weighted by Crippen LogP contribution is -2.32. The smallest absolute Gasteiger partial charge is 0.177 e. The summed E-state index contributed by atoms with van der Waals surface area (Å²) in [5, 5.41) is 15.6. The molecule has 1 aromatic heterocycles. The second-order valence-electron chi connectivity index (χ2n) is 8.68. The number of aromatic amines is 1. The molecule has 1 N–H and O–H groups in total. The Morgan fingerprint density at radius 1 is 0.500 bits per heavy atom. The summed E-state index contributed by atoms with van der Waals surface area (Å²) in [7, 11) is 0. The van der Waals surface area contributed by atoms with Gasteiger partial charge in [-0.1, -0.05) is 140 Å². The molecule has 36 heavy (non-hydrogen) atoms. The van der Waals surface area contributed by atoms with Crippen molar-refractivity contribution in [2.24, 2.45) is 0 Å². The number of aromatic nitrogens is 4. The van der Waals surface area contributed by atoms with Gasteiger partial charge in [-0.3, -0.25) is 0 Å². The Balaban J connectivity index is 1.80. The molecule has 0 saturated carbocycles. The summed E-state index contributed by atoms with van der Waals surface area (Å²) in [6.45, 7) is 0. The topological polar surface area (TPSA) is 54.5 Å². The van der Waals surface area contributed by atoms with E-state index in [1.807, 2.05) is 6.07 Å². The molecule has 0 atom stereocenters. The van der Waals surface area contributed by atoms with Crippen LogP contribution >= 0.6 is 0 Å². The van der Waals surface area contributed by atoms with E-state index in [0.717, 1.165) is 38.9 Å². The van der Waals surface area contributed by atoms with Gasteiger partial charge in [0.1, 0.15) is 0 Å². The molecular formula is C32H24N4. The summed E-state index contributed by atoms with van der Waals surface area (Å²) in [6.07, 6.45) is 0. The van der Waals surface area contributed by atoms with Gasteiger partial charge in [0.05, 0.1) is 5.41 Å². The molecule has 6 aromatic rings. The largest absolute Gasteiger partial charge is 0.205 e. The van der Waals surface area contributed by atoms with Crippen LogP contribution in [0.3, 0.4) is 0 Å². The first-order valence-corrected chi connectivity index (χ1v) is 12.0. The van der Waals surface area contributed by atoms with Crippen molar-refractivity contribution in [3.05, 3.63) is 162 Å². The summed E-state index contributed by atoms with van der Waals surface area (Å²) in [4.78, 5) is 0. The van der Waals surface area contributed by atoms with E-state index >= 15 is 0 Å². The molecule has 6 rings (SSSR count). The molecule has 4 heteroatoms. The number of benzene rings is 5. The average Bonchev–Trinajstić information content (AvgIpc) is 3.51. The van der Waals surface area contributed by atoms with Crippen LogP contribution < -0.4 is 0 Å². The highest BCUT2D eigenvalue weighted by molar-refractivity contribution is 5.85. The number of hydrogen-bond acceptors (Lipinski definition) is 3. The van der Waals surface area contributed by atoms with Crippen molar-refractivity contribution in [3.8, 4) is 22.5 Å². The standard InChI is InChI=1S/C32H24N4/c1-5-14-24(15-6-1)28-22-13-23-29(30(28)31-33-35-36-34-31)32(25-16-7-2-8-17-25,26-18-9-3-10-19-26)27-20-11-4-12-21-27/h1-23H,(H,33,34,35,36). The molecule has 0 saturated heterocycles. The Hall–Kier alpha value is -4.83. The molecule has 0 aliphatic carbocycles. The molecule has 0 spiro atoms. The third kappa shape index (κ3) is 3.60. The zero-order chi connectivity index (χ0) is 24.2. The van der Waals surface area contributed by atoms with Gasteiger partial charge in [0.15, 0.2) is 0 Å². The van der Waals surface area contributed by atoms with Crippen LogP contribution in [-0.2, 0) is 5.41 Å². The van der Waals surface area contributed by atoms with Crippen LogP contribution in [0, 0.1) is 0 Å². The molecule has 5 aromatic carbocycles. The van der Waals surface area contributed by atoms with Crippen LogP contribution in [-0.4, -0.2) is 20.6 Å². The lowest BCUT2D eigenvalue weighted by atomic mass is 9.63. The Bertz CT molecular complexity index is 1450. The molecule has 0 amide bonds. The minimum atomic E-state index is -0.621. The molecule has 0 unspecified atom stereocenters. The Morgan fingerprint density at radius 3 is 1.47 bits per heavy atom. The minimum Gasteiger partial charge on any atom is -0.177 e. The van der Waals surface area contributed by atoms with Crippen LogP contribution in [0.2, 0.25) is 0 Å². The van der Waals surface area contributed by atoms with Crippen molar-refractivity contribution in [1.82, 2.24) is 20.6 Å². The Kier molecular flexibility index (Phi) is 5.68. The predicted molar refractivity (Wildman–Crippen MR) is 143 cm³/mol. The van der Waals surface area contributed by atoms with Crippen LogP contribution in [0.4, 0.5) is 0 Å². The lowest BCUT2D eigenvalue weighted by Gasteiger charge is -2.38. The number of nitrogens with one attached hydrogen (secondary N) is 1. The van der Waals surface area contributed by atoms with Gasteiger partial charge in [-0.05, 0) is 38.6 Å². The van der Waals surface area contributed by atoms with E-state index in [2.05, 4.69) is 154 Å². The van der Waals surface area contributed by atoms with Gasteiger partial charge < -0.3 is 0 Å². The van der Waals surface area contributed by atoms with Crippen molar-refractivity contribution >= 4 is 0 Å².